The molecule has 240 valence electrons. The van der Waals surface area contributed by atoms with Gasteiger partial charge < -0.3 is 0 Å². The SMILES string of the molecule is Cc1ccccc1-c1ccnc(-n2c3ccccc3c3ccc([Si](C)(C)c4cccc(-n5c[n+](-c6ccccc6)c6ccccc65)c4)cc32)c1. The Morgan fingerprint density at radius 2 is 1.30 bits per heavy atom. The number of hydrogen-bond donors (Lipinski definition) is 0. The molecule has 0 aliphatic heterocycles. The molecule has 0 amide bonds. The van der Waals surface area contributed by atoms with E-state index in [-0.39, 0.29) is 0 Å². The number of para-hydroxylation sites is 4. The van der Waals surface area contributed by atoms with Crippen LogP contribution in [0.1, 0.15) is 5.56 Å². The summed E-state index contributed by atoms with van der Waals surface area (Å²) in [5.74, 6) is 0.932. The highest BCUT2D eigenvalue weighted by Crippen LogP contribution is 2.33. The fraction of sp³-hybridized carbons (Fsp3) is 0.0667. The Morgan fingerprint density at radius 3 is 2.16 bits per heavy atom. The van der Waals surface area contributed by atoms with Gasteiger partial charge >= 0.3 is 0 Å². The van der Waals surface area contributed by atoms with Crippen LogP contribution >= 0.6 is 0 Å². The first kappa shape index (κ1) is 30.0. The van der Waals surface area contributed by atoms with Gasteiger partial charge in [0.05, 0.1) is 11.0 Å². The van der Waals surface area contributed by atoms with Crippen LogP contribution in [0.25, 0.3) is 61.2 Å². The molecule has 5 heteroatoms. The maximum atomic E-state index is 4.95. The highest BCUT2D eigenvalue weighted by molar-refractivity contribution is 7.00. The van der Waals surface area contributed by atoms with E-state index >= 15 is 0 Å². The third kappa shape index (κ3) is 4.89. The lowest BCUT2D eigenvalue weighted by Crippen LogP contribution is -2.52. The number of imidazole rings is 1. The van der Waals surface area contributed by atoms with Crippen LogP contribution in [0.15, 0.2) is 170 Å². The maximum absolute atomic E-state index is 4.95. The molecule has 0 aliphatic carbocycles. The molecule has 0 fully saturated rings. The Bertz CT molecular complexity index is 2700. The van der Waals surface area contributed by atoms with Gasteiger partial charge in [-0.05, 0) is 84.3 Å². The Hall–Kier alpha value is -6.04. The predicted molar refractivity (Wildman–Crippen MR) is 210 cm³/mol. The number of pyridine rings is 1. The smallest absolute Gasteiger partial charge is 0.255 e. The van der Waals surface area contributed by atoms with Crippen molar-refractivity contribution in [1.29, 1.82) is 0 Å². The summed E-state index contributed by atoms with van der Waals surface area (Å²) >= 11 is 0. The summed E-state index contributed by atoms with van der Waals surface area (Å²) in [7, 11) is -2.16. The van der Waals surface area contributed by atoms with E-state index in [9.17, 15) is 0 Å². The quantitative estimate of drug-likeness (QED) is 0.129. The van der Waals surface area contributed by atoms with Crippen molar-refractivity contribution in [2.75, 3.05) is 0 Å². The van der Waals surface area contributed by atoms with E-state index in [1.54, 1.807) is 0 Å². The van der Waals surface area contributed by atoms with E-state index in [0.29, 0.717) is 0 Å². The topological polar surface area (TPSA) is 26.6 Å². The van der Waals surface area contributed by atoms with Crippen molar-refractivity contribution in [1.82, 2.24) is 14.1 Å². The summed E-state index contributed by atoms with van der Waals surface area (Å²) in [6.45, 7) is 7.11. The lowest BCUT2D eigenvalue weighted by atomic mass is 10.0. The first-order valence-electron chi connectivity index (χ1n) is 17.2. The van der Waals surface area contributed by atoms with Crippen LogP contribution in [0, 0.1) is 6.92 Å². The zero-order valence-corrected chi connectivity index (χ0v) is 29.5. The first-order valence-corrected chi connectivity index (χ1v) is 20.2. The van der Waals surface area contributed by atoms with Crippen LogP contribution < -0.4 is 14.9 Å². The number of nitrogens with zero attached hydrogens (tertiary/aromatic N) is 4. The first-order chi connectivity index (χ1) is 24.5. The minimum absolute atomic E-state index is 0.932. The maximum Gasteiger partial charge on any atom is 0.255 e. The minimum Gasteiger partial charge on any atom is -0.294 e. The zero-order chi connectivity index (χ0) is 33.8. The van der Waals surface area contributed by atoms with Crippen LogP contribution in [0.3, 0.4) is 0 Å². The van der Waals surface area contributed by atoms with Gasteiger partial charge in [0.1, 0.15) is 25.3 Å². The number of aromatic nitrogens is 4. The molecule has 4 nitrogen and oxygen atoms in total. The van der Waals surface area contributed by atoms with Crippen molar-refractivity contribution in [2.24, 2.45) is 0 Å². The summed E-state index contributed by atoms with van der Waals surface area (Å²) in [6, 6.07) is 57.1. The van der Waals surface area contributed by atoms with Crippen molar-refractivity contribution in [2.45, 2.75) is 20.0 Å². The average Bonchev–Trinajstić information content (AvgIpc) is 3.72. The van der Waals surface area contributed by atoms with Gasteiger partial charge in [-0.2, -0.15) is 9.13 Å². The molecule has 0 unspecified atom stereocenters. The Morgan fingerprint density at radius 1 is 0.580 bits per heavy atom. The minimum atomic E-state index is -2.16. The number of benzene rings is 6. The average molecular weight is 662 g/mol. The predicted octanol–water partition coefficient (Wildman–Crippen LogP) is 9.20. The Labute approximate surface area is 293 Å². The molecule has 3 heterocycles. The van der Waals surface area contributed by atoms with Crippen molar-refractivity contribution < 1.29 is 4.57 Å². The van der Waals surface area contributed by atoms with E-state index in [1.807, 2.05) is 6.20 Å². The number of rotatable bonds is 6. The van der Waals surface area contributed by atoms with E-state index in [0.717, 1.165) is 11.5 Å². The van der Waals surface area contributed by atoms with Crippen LogP contribution in [-0.2, 0) is 0 Å². The highest BCUT2D eigenvalue weighted by Gasteiger charge is 2.29. The summed E-state index contributed by atoms with van der Waals surface area (Å²) in [5, 5.41) is 5.26. The van der Waals surface area contributed by atoms with Gasteiger partial charge in [-0.1, -0.05) is 121 Å². The van der Waals surface area contributed by atoms with E-state index in [2.05, 4.69) is 198 Å². The zero-order valence-electron chi connectivity index (χ0n) is 28.5. The summed E-state index contributed by atoms with van der Waals surface area (Å²) < 4.78 is 6.95. The number of fused-ring (bicyclic) bond motifs is 4. The van der Waals surface area contributed by atoms with E-state index in [4.69, 9.17) is 4.98 Å². The molecular formula is C45H37N4Si+. The lowest BCUT2D eigenvalue weighted by molar-refractivity contribution is -0.567. The fourth-order valence-corrected chi connectivity index (χ4v) is 9.89. The molecule has 0 atom stereocenters. The highest BCUT2D eigenvalue weighted by atomic mass is 28.3. The van der Waals surface area contributed by atoms with Gasteiger partial charge in [0, 0.05) is 17.0 Å². The largest absolute Gasteiger partial charge is 0.294 e. The molecule has 3 aromatic heterocycles. The summed E-state index contributed by atoms with van der Waals surface area (Å²) in [6.07, 6.45) is 4.16. The molecule has 6 aromatic carbocycles. The Kier molecular flexibility index (Phi) is 7.11. The van der Waals surface area contributed by atoms with Gasteiger partial charge in [-0.25, -0.2) is 4.98 Å². The molecule has 0 aliphatic rings. The van der Waals surface area contributed by atoms with Crippen LogP contribution in [0.2, 0.25) is 13.1 Å². The standard InChI is InChI=1S/C45H37N4Si/c1-32-14-7-8-19-38(32)33-26-27-46-45(28-33)49-41-21-10-9-20-39(41)40-25-24-37(30-44(40)49)50(2,3)36-18-13-17-35(29-36)48-31-47(34-15-5-4-6-16-34)42-22-11-12-23-43(42)48/h4-31H,1-3H3/q+1. The van der Waals surface area contributed by atoms with Crippen LogP contribution in [0.5, 0.6) is 0 Å². The second-order valence-electron chi connectivity index (χ2n) is 13.7. The van der Waals surface area contributed by atoms with Crippen molar-refractivity contribution in [3.05, 3.63) is 176 Å². The van der Waals surface area contributed by atoms with Gasteiger partial charge in [-0.3, -0.25) is 4.57 Å². The molecule has 9 aromatic rings. The molecule has 9 rings (SSSR count). The van der Waals surface area contributed by atoms with Gasteiger partial charge in [0.15, 0.2) is 11.0 Å². The van der Waals surface area contributed by atoms with Crippen molar-refractivity contribution in [3.8, 4) is 28.3 Å². The number of aryl methyl sites for hydroxylation is 1. The fourth-order valence-electron chi connectivity index (χ4n) is 7.53. The van der Waals surface area contributed by atoms with Crippen LogP contribution in [-0.4, -0.2) is 22.2 Å². The van der Waals surface area contributed by atoms with Crippen LogP contribution in [0.4, 0.5) is 0 Å². The molecule has 0 saturated heterocycles. The molecule has 0 bridgehead atoms. The molecular weight excluding hydrogens is 625 g/mol. The molecule has 0 spiro atoms. The summed E-state index contributed by atoms with van der Waals surface area (Å²) in [5.41, 5.74) is 10.7. The Balaban J connectivity index is 1.18. The second-order valence-corrected chi connectivity index (χ2v) is 18.1. The van der Waals surface area contributed by atoms with Gasteiger partial charge in [0.25, 0.3) is 6.33 Å². The number of hydrogen-bond acceptors (Lipinski definition) is 1. The second kappa shape index (κ2) is 11.8. The third-order valence-electron chi connectivity index (χ3n) is 10.3. The molecule has 0 saturated carbocycles. The third-order valence-corrected chi connectivity index (χ3v) is 13.8. The molecule has 0 N–H and O–H groups in total. The van der Waals surface area contributed by atoms with E-state index < -0.39 is 8.07 Å². The van der Waals surface area contributed by atoms with Gasteiger partial charge in [0.2, 0.25) is 0 Å². The van der Waals surface area contributed by atoms with Crippen molar-refractivity contribution >= 4 is 51.3 Å². The monoisotopic (exact) mass is 661 g/mol. The van der Waals surface area contributed by atoms with E-state index in [1.165, 1.54) is 65.6 Å². The summed E-state index contributed by atoms with van der Waals surface area (Å²) in [4.78, 5) is 4.95. The molecule has 0 radical (unpaired) electrons. The normalized spacial score (nSPS) is 11.9. The molecule has 50 heavy (non-hydrogen) atoms. The van der Waals surface area contributed by atoms with Crippen molar-refractivity contribution in [3.63, 3.8) is 0 Å². The lowest BCUT2D eigenvalue weighted by Gasteiger charge is -2.24. The van der Waals surface area contributed by atoms with Gasteiger partial charge in [-0.15, -0.1) is 0 Å².